The molecule has 11 heterocycles. The Labute approximate surface area is 711 Å². The number of fused-ring (bicyclic) bond motifs is 14. The average molecular weight is 1680 g/mol. The summed E-state index contributed by atoms with van der Waals surface area (Å²) in [6.45, 7) is 32.3. The van der Waals surface area contributed by atoms with Crippen LogP contribution in [0, 0.1) is 59.2 Å². The van der Waals surface area contributed by atoms with Crippen molar-refractivity contribution in [1.29, 1.82) is 0 Å². The highest BCUT2D eigenvalue weighted by atomic mass is 16.5. The van der Waals surface area contributed by atoms with E-state index in [1.807, 2.05) is 120 Å². The van der Waals surface area contributed by atoms with Gasteiger partial charge >= 0.3 is 47.8 Å². The molecule has 122 heavy (non-hydrogen) atoms. The lowest BCUT2D eigenvalue weighted by Crippen LogP contribution is -2.58. The van der Waals surface area contributed by atoms with Gasteiger partial charge < -0.3 is 63.6 Å². The van der Waals surface area contributed by atoms with E-state index in [2.05, 4.69) is 44.1 Å². The van der Waals surface area contributed by atoms with Crippen molar-refractivity contribution >= 4 is 121 Å². The standard InChI is InChI=1S/C92H116N12O18/c1-21-56-49(3)64-40-65-52(6)59(24-29-75(106)107)71(96-65)43-70-58(51(5)67(97-70)42-69-57(22-2)50(4)66(95-69)41-68(56)94-64)23-28-74(105)93-35-37-121-38-36-104-47-55(102-103-104)48-122-82(114)45-90(12)60(25-30-76(108)115-15)72-44-73-88(9,10)61(26-31-77(109)116-16)83(99-73)53(7)85-89(11,34-33-79(111)118-18)63(39-80(112)119-19)87(100-85)92(14)91(13,46-81(113)120-20)62(27-32-78(110)117-17)84(101-92)54(8)86(90)98-72/h21-22,40-44,47,60-63,87,94,97,100H,1-2,23-39,45-46,48H2,3-20H3,(H,93,105)(H,106,107)/b64-40?,65-40?,66-41?,67-42?,68-41?,69-42?,70-43?,71-43?,73-44-,85-53-,86-54-/t60-,61-,62-,63+,87?,89-,90+,91+,92+/m1/s1. The van der Waals surface area contributed by atoms with Gasteiger partial charge in [-0.05, 0) is 162 Å². The van der Waals surface area contributed by atoms with Gasteiger partial charge in [0.05, 0.1) is 128 Å². The molecule has 30 heteroatoms. The van der Waals surface area contributed by atoms with E-state index in [-0.39, 0.29) is 129 Å². The van der Waals surface area contributed by atoms with Crippen LogP contribution in [-0.4, -0.2) is 185 Å². The van der Waals surface area contributed by atoms with Crippen LogP contribution in [-0.2, 0) is 101 Å². The molecule has 9 atom stereocenters. The van der Waals surface area contributed by atoms with Crippen molar-refractivity contribution < 1.29 is 86.2 Å². The maximum Gasteiger partial charge on any atom is 0.307 e. The van der Waals surface area contributed by atoms with Gasteiger partial charge in [-0.2, -0.15) is 0 Å². The van der Waals surface area contributed by atoms with Gasteiger partial charge in [-0.3, -0.25) is 58.1 Å². The number of aliphatic imine (C=N–C) groups is 3. The molecule has 5 N–H and O–H groups in total. The first-order valence-electron chi connectivity index (χ1n) is 41.5. The molecular weight excluding hydrogens is 1560 g/mol. The third kappa shape index (κ3) is 18.2. The molecular formula is C92H116N12O18. The summed E-state index contributed by atoms with van der Waals surface area (Å²) >= 11 is 0. The molecule has 30 nitrogen and oxygen atoms in total. The molecule has 1 unspecified atom stereocenters. The molecule has 11 rings (SSSR count). The number of aromatic amines is 2. The SMILES string of the molecule is C=CC1=C(C)c2cc3[nH]c(cc4nc(cc5[nH]c(cc1n2)c(C)c5CCC(=O)NCCOCCn1cc(COC(=O)C[C@]2(C)/C5=C(\C)C6=N[C@@](C)(C7N/C(=C(/C)C8=N/C(=C\C(=N5)[C@H]2CCC(=O)OC)C(C)(C)[C@@H]8CCC(=O)OC)[C@](C)(CCC(=O)OC)[C@H]7CC(=O)OC)[C@@](C)(CC(=O)OC)[C@@H]6CCC(=O)OC)nn1)C(CCC(=O)O)=C4C)c(C)c3C=C. The molecule has 0 spiro atoms. The van der Waals surface area contributed by atoms with Gasteiger partial charge in [0, 0.05) is 152 Å². The monoisotopic (exact) mass is 1680 g/mol. The van der Waals surface area contributed by atoms with Crippen molar-refractivity contribution in [2.24, 2.45) is 60.3 Å². The number of allylic oxidation sites excluding steroid dienone is 11. The summed E-state index contributed by atoms with van der Waals surface area (Å²) in [6.07, 6.45) is 7.38. The highest BCUT2D eigenvalue weighted by molar-refractivity contribution is 6.10. The third-order valence-corrected chi connectivity index (χ3v) is 26.9. The Hall–Kier alpha value is -11.6. The number of aryl methyl sites for hydroxylation is 3. The largest absolute Gasteiger partial charge is 0.481 e. The number of esters is 7. The summed E-state index contributed by atoms with van der Waals surface area (Å²) in [7, 11) is 7.82. The number of methoxy groups -OCH3 is 6. The second-order valence-corrected chi connectivity index (χ2v) is 34.1. The predicted octanol–water partition coefficient (Wildman–Crippen LogP) is 13.3. The van der Waals surface area contributed by atoms with E-state index in [0.717, 1.165) is 72.3 Å². The van der Waals surface area contributed by atoms with Crippen molar-refractivity contribution in [3.8, 4) is 0 Å². The van der Waals surface area contributed by atoms with Crippen molar-refractivity contribution in [3.63, 3.8) is 0 Å². The first-order valence-corrected chi connectivity index (χ1v) is 41.5. The van der Waals surface area contributed by atoms with Crippen molar-refractivity contribution in [2.75, 3.05) is 62.4 Å². The van der Waals surface area contributed by atoms with Crippen LogP contribution in [0.25, 0.3) is 50.4 Å². The van der Waals surface area contributed by atoms with Gasteiger partial charge in [0.1, 0.15) is 12.3 Å². The van der Waals surface area contributed by atoms with E-state index in [1.165, 1.54) is 42.7 Å². The van der Waals surface area contributed by atoms with Crippen LogP contribution >= 0.6 is 0 Å². The number of aliphatic carboxylic acids is 1. The smallest absolute Gasteiger partial charge is 0.307 e. The lowest BCUT2D eigenvalue weighted by atomic mass is 9.56. The maximum atomic E-state index is 15.1. The van der Waals surface area contributed by atoms with Crippen LogP contribution in [0.15, 0.2) is 99.0 Å². The fourth-order valence-electron chi connectivity index (χ4n) is 19.4. The molecule has 0 radical (unpaired) electrons. The molecule has 4 aromatic rings. The van der Waals surface area contributed by atoms with Crippen molar-refractivity contribution in [2.45, 2.75) is 204 Å². The molecule has 0 saturated carbocycles. The number of hydrogen-bond donors (Lipinski definition) is 5. The van der Waals surface area contributed by atoms with Crippen molar-refractivity contribution in [3.05, 3.63) is 135 Å². The lowest BCUT2D eigenvalue weighted by molar-refractivity contribution is -0.148. The Morgan fingerprint density at radius 2 is 1.19 bits per heavy atom. The van der Waals surface area contributed by atoms with Crippen molar-refractivity contribution in [1.82, 2.24) is 45.6 Å². The number of hydrogen-bond acceptors (Lipinski definition) is 25. The van der Waals surface area contributed by atoms with E-state index in [4.69, 9.17) is 62.8 Å². The number of ether oxygens (including phenoxy) is 8. The molecule has 16 bridgehead atoms. The summed E-state index contributed by atoms with van der Waals surface area (Å²) in [5.41, 5.74) is 11.8. The van der Waals surface area contributed by atoms with E-state index in [9.17, 15) is 43.5 Å². The highest BCUT2D eigenvalue weighted by Gasteiger charge is 2.67. The number of carboxylic acids is 1. The average Bonchev–Trinajstić information content (AvgIpc) is 1.53. The predicted molar refractivity (Wildman–Crippen MR) is 461 cm³/mol. The van der Waals surface area contributed by atoms with Gasteiger partial charge in [0.2, 0.25) is 5.91 Å². The summed E-state index contributed by atoms with van der Waals surface area (Å²) in [6, 6.07) is 7.05. The lowest BCUT2D eigenvalue weighted by Gasteiger charge is -2.48. The first-order chi connectivity index (χ1) is 57.9. The van der Waals surface area contributed by atoms with Crippen LogP contribution in [0.5, 0.6) is 0 Å². The number of amides is 1. The summed E-state index contributed by atoms with van der Waals surface area (Å²) in [5.74, 6) is -7.63. The molecule has 652 valence electrons. The second kappa shape index (κ2) is 37.4. The summed E-state index contributed by atoms with van der Waals surface area (Å²) in [4.78, 5) is 158. The summed E-state index contributed by atoms with van der Waals surface area (Å²) in [5, 5.41) is 25.4. The van der Waals surface area contributed by atoms with E-state index in [1.54, 1.807) is 17.0 Å². The molecule has 7 aliphatic heterocycles. The first kappa shape index (κ1) is 91.2. The third-order valence-electron chi connectivity index (χ3n) is 26.9. The number of H-pyrrole nitrogens is 2. The molecule has 1 fully saturated rings. The van der Waals surface area contributed by atoms with Gasteiger partial charge in [0.25, 0.3) is 0 Å². The molecule has 0 aliphatic carbocycles. The number of nitrogens with zero attached hydrogens (tertiary/aromatic N) is 8. The number of aromatic nitrogens is 7. The molecule has 7 aliphatic rings. The highest BCUT2D eigenvalue weighted by Crippen LogP contribution is 2.63. The summed E-state index contributed by atoms with van der Waals surface area (Å²) < 4.78 is 45.8. The fraction of sp³-hybridized carbons (Fsp3) is 0.522. The molecule has 1 amide bonds. The van der Waals surface area contributed by atoms with E-state index in [0.29, 0.717) is 74.6 Å². The Kier molecular flexibility index (Phi) is 28.0. The van der Waals surface area contributed by atoms with Crippen LogP contribution in [0.2, 0.25) is 0 Å². The topological polar surface area (TPSA) is 397 Å². The Morgan fingerprint density at radius 1 is 0.590 bits per heavy atom. The quantitative estimate of drug-likeness (QED) is 0.0165. The molecule has 1 saturated heterocycles. The Balaban J connectivity index is 0.856. The fourth-order valence-corrected chi connectivity index (χ4v) is 19.4. The van der Waals surface area contributed by atoms with E-state index < -0.39 is 105 Å². The van der Waals surface area contributed by atoms with Gasteiger partial charge in [-0.15, -0.1) is 5.10 Å². The maximum absolute atomic E-state index is 15.1. The van der Waals surface area contributed by atoms with Crippen LogP contribution in [0.1, 0.15) is 210 Å². The van der Waals surface area contributed by atoms with Crippen LogP contribution in [0.4, 0.5) is 0 Å². The Bertz CT molecular complexity index is 5370. The zero-order chi connectivity index (χ0) is 88.8. The number of nitrogens with one attached hydrogen (secondary N) is 4. The van der Waals surface area contributed by atoms with Gasteiger partial charge in [0.15, 0.2) is 0 Å². The molecule has 0 aromatic carbocycles. The Morgan fingerprint density at radius 3 is 1.84 bits per heavy atom. The minimum Gasteiger partial charge on any atom is -0.481 e. The van der Waals surface area contributed by atoms with Gasteiger partial charge in [-0.1, -0.05) is 65.1 Å². The zero-order valence-corrected chi connectivity index (χ0v) is 73.5. The number of rotatable bonds is 34. The minimum atomic E-state index is -1.43. The number of carbonyl (C=O) groups excluding carboxylic acids is 8. The van der Waals surface area contributed by atoms with Crippen LogP contribution in [0.3, 0.4) is 0 Å². The number of carboxylic acid groups (broad SMARTS) is 1. The number of carbonyl (C=O) groups is 9. The normalized spacial score (nSPS) is 24.8. The second-order valence-electron chi connectivity index (χ2n) is 34.1. The van der Waals surface area contributed by atoms with Gasteiger partial charge in [-0.25, -0.2) is 14.6 Å². The molecule has 4 aromatic heterocycles. The minimum absolute atomic E-state index is 0.0133. The van der Waals surface area contributed by atoms with E-state index >= 15 is 4.79 Å². The van der Waals surface area contributed by atoms with Crippen LogP contribution < -0.4 is 10.6 Å². The zero-order valence-electron chi connectivity index (χ0n) is 73.5.